The number of benzene rings is 1. The minimum absolute atomic E-state index is 0.0200. The van der Waals surface area contributed by atoms with Gasteiger partial charge in [0.1, 0.15) is 0 Å². The summed E-state index contributed by atoms with van der Waals surface area (Å²) in [5.74, 6) is 0.0200. The predicted octanol–water partition coefficient (Wildman–Crippen LogP) is 2.95. The minimum atomic E-state index is 0.0200. The van der Waals surface area contributed by atoms with E-state index in [0.29, 0.717) is 12.6 Å². The summed E-state index contributed by atoms with van der Waals surface area (Å²) in [4.78, 5) is 12.0. The number of anilines is 1. The van der Waals surface area contributed by atoms with Crippen LogP contribution in [0.25, 0.3) is 5.69 Å². The van der Waals surface area contributed by atoms with E-state index in [4.69, 9.17) is 0 Å². The Bertz CT molecular complexity index is 586. The zero-order valence-corrected chi connectivity index (χ0v) is 12.1. The van der Waals surface area contributed by atoms with Crippen molar-refractivity contribution in [3.8, 4) is 5.69 Å². The maximum absolute atomic E-state index is 12.0. The molecule has 1 amide bonds. The second-order valence-corrected chi connectivity index (χ2v) is 5.55. The number of carbonyl (C=O) groups excluding carboxylic acids is 1. The Morgan fingerprint density at radius 3 is 2.67 bits per heavy atom. The molecule has 1 aliphatic carbocycles. The van der Waals surface area contributed by atoms with Crippen molar-refractivity contribution in [3.63, 3.8) is 0 Å². The molecule has 0 unspecified atom stereocenters. The molecule has 1 aromatic heterocycles. The van der Waals surface area contributed by atoms with Gasteiger partial charge in [-0.05, 0) is 43.2 Å². The van der Waals surface area contributed by atoms with Crippen molar-refractivity contribution in [2.24, 2.45) is 0 Å². The van der Waals surface area contributed by atoms with Crippen LogP contribution in [0.5, 0.6) is 0 Å². The van der Waals surface area contributed by atoms with Crippen LogP contribution in [0, 0.1) is 0 Å². The molecule has 0 atom stereocenters. The lowest BCUT2D eigenvalue weighted by atomic mass is 10.2. The third-order valence-electron chi connectivity index (χ3n) is 3.94. The van der Waals surface area contributed by atoms with E-state index in [-0.39, 0.29) is 5.91 Å². The number of carbonyl (C=O) groups is 1. The van der Waals surface area contributed by atoms with E-state index in [1.165, 1.54) is 25.7 Å². The molecule has 3 rings (SSSR count). The average Bonchev–Trinajstić information content (AvgIpc) is 3.19. The second-order valence-electron chi connectivity index (χ2n) is 5.55. The Hall–Kier alpha value is -2.07. The highest BCUT2D eigenvalue weighted by atomic mass is 16.1. The Kier molecular flexibility index (Phi) is 4.36. The van der Waals surface area contributed by atoms with Crippen molar-refractivity contribution >= 4 is 11.6 Å². The van der Waals surface area contributed by atoms with Gasteiger partial charge in [-0.3, -0.25) is 4.79 Å². The molecule has 2 aromatic rings. The summed E-state index contributed by atoms with van der Waals surface area (Å²) < 4.78 is 2.02. The highest BCUT2D eigenvalue weighted by molar-refractivity contribution is 5.92. The van der Waals surface area contributed by atoms with Gasteiger partial charge >= 0.3 is 0 Å². The fourth-order valence-electron chi connectivity index (χ4n) is 2.82. The van der Waals surface area contributed by atoms with Gasteiger partial charge in [-0.25, -0.2) is 0 Å². The van der Waals surface area contributed by atoms with Crippen molar-refractivity contribution in [2.75, 3.05) is 11.9 Å². The molecule has 1 aromatic carbocycles. The molecule has 1 heterocycles. The summed E-state index contributed by atoms with van der Waals surface area (Å²) in [7, 11) is 0. The van der Waals surface area contributed by atoms with Gasteiger partial charge in [-0.2, -0.15) is 0 Å². The zero-order chi connectivity index (χ0) is 14.5. The fourth-order valence-corrected chi connectivity index (χ4v) is 2.82. The van der Waals surface area contributed by atoms with E-state index in [1.807, 2.05) is 53.4 Å². The Balaban J connectivity index is 1.56. The first-order valence-electron chi connectivity index (χ1n) is 7.58. The van der Waals surface area contributed by atoms with Gasteiger partial charge in [0.2, 0.25) is 5.91 Å². The number of aromatic nitrogens is 1. The average molecular weight is 283 g/mol. The van der Waals surface area contributed by atoms with Crippen LogP contribution in [-0.4, -0.2) is 23.1 Å². The molecular formula is C17H21N3O. The summed E-state index contributed by atoms with van der Waals surface area (Å²) in [6.07, 6.45) is 8.91. The van der Waals surface area contributed by atoms with Crippen molar-refractivity contribution in [1.29, 1.82) is 0 Å². The molecule has 4 nitrogen and oxygen atoms in total. The molecule has 1 aliphatic rings. The quantitative estimate of drug-likeness (QED) is 0.886. The summed E-state index contributed by atoms with van der Waals surface area (Å²) in [5, 5.41) is 6.28. The first kappa shape index (κ1) is 13.9. The Morgan fingerprint density at radius 2 is 1.90 bits per heavy atom. The van der Waals surface area contributed by atoms with E-state index in [0.717, 1.165) is 11.4 Å². The van der Waals surface area contributed by atoms with E-state index in [2.05, 4.69) is 10.6 Å². The molecule has 1 saturated carbocycles. The first-order chi connectivity index (χ1) is 10.3. The molecule has 2 N–H and O–H groups in total. The highest BCUT2D eigenvalue weighted by Crippen LogP contribution is 2.17. The van der Waals surface area contributed by atoms with Gasteiger partial charge in [0.15, 0.2) is 0 Å². The monoisotopic (exact) mass is 283 g/mol. The number of rotatable bonds is 5. The van der Waals surface area contributed by atoms with Crippen LogP contribution in [0.3, 0.4) is 0 Å². The van der Waals surface area contributed by atoms with Crippen molar-refractivity contribution in [2.45, 2.75) is 31.7 Å². The fraction of sp³-hybridized carbons (Fsp3) is 0.353. The Labute approximate surface area is 125 Å². The molecule has 1 fully saturated rings. The number of nitrogens with one attached hydrogen (secondary N) is 2. The molecule has 0 bridgehead atoms. The van der Waals surface area contributed by atoms with Gasteiger partial charge in [0.25, 0.3) is 0 Å². The van der Waals surface area contributed by atoms with Crippen LogP contribution in [0.15, 0.2) is 48.8 Å². The molecular weight excluding hydrogens is 262 g/mol. The summed E-state index contributed by atoms with van der Waals surface area (Å²) in [6, 6.07) is 12.4. The highest BCUT2D eigenvalue weighted by Gasteiger charge is 2.15. The molecule has 4 heteroatoms. The molecule has 21 heavy (non-hydrogen) atoms. The van der Waals surface area contributed by atoms with Crippen LogP contribution < -0.4 is 10.6 Å². The minimum Gasteiger partial charge on any atom is -0.325 e. The maximum atomic E-state index is 12.0. The van der Waals surface area contributed by atoms with Gasteiger partial charge < -0.3 is 15.2 Å². The van der Waals surface area contributed by atoms with Crippen molar-refractivity contribution in [1.82, 2.24) is 9.88 Å². The SMILES string of the molecule is O=C(CNC1CCCC1)Nc1cccc(-n2cccc2)c1. The van der Waals surface area contributed by atoms with E-state index in [1.54, 1.807) is 0 Å². The van der Waals surface area contributed by atoms with E-state index >= 15 is 0 Å². The molecule has 110 valence electrons. The molecule has 0 saturated heterocycles. The van der Waals surface area contributed by atoms with Gasteiger partial charge in [-0.1, -0.05) is 18.9 Å². The normalized spacial score (nSPS) is 15.2. The third-order valence-corrected chi connectivity index (χ3v) is 3.94. The number of amides is 1. The Morgan fingerprint density at radius 1 is 1.14 bits per heavy atom. The molecule has 0 radical (unpaired) electrons. The summed E-state index contributed by atoms with van der Waals surface area (Å²) >= 11 is 0. The molecule has 0 spiro atoms. The number of hydrogen-bond acceptors (Lipinski definition) is 2. The largest absolute Gasteiger partial charge is 0.325 e. The van der Waals surface area contributed by atoms with Crippen LogP contribution in [0.2, 0.25) is 0 Å². The first-order valence-corrected chi connectivity index (χ1v) is 7.58. The molecule has 0 aliphatic heterocycles. The predicted molar refractivity (Wildman–Crippen MR) is 84.7 cm³/mol. The summed E-state index contributed by atoms with van der Waals surface area (Å²) in [6.45, 7) is 0.387. The second kappa shape index (κ2) is 6.59. The number of hydrogen-bond donors (Lipinski definition) is 2. The lowest BCUT2D eigenvalue weighted by molar-refractivity contribution is -0.115. The smallest absolute Gasteiger partial charge is 0.238 e. The van der Waals surface area contributed by atoms with E-state index in [9.17, 15) is 4.79 Å². The van der Waals surface area contributed by atoms with Gasteiger partial charge in [-0.15, -0.1) is 0 Å². The standard InChI is InChI=1S/C17H21N3O/c21-17(13-18-14-6-1-2-7-14)19-15-8-5-9-16(12-15)20-10-3-4-11-20/h3-5,8-12,14,18H,1-2,6-7,13H2,(H,19,21). The topological polar surface area (TPSA) is 46.1 Å². The maximum Gasteiger partial charge on any atom is 0.238 e. The van der Waals surface area contributed by atoms with Gasteiger partial charge in [0, 0.05) is 29.8 Å². The lowest BCUT2D eigenvalue weighted by Crippen LogP contribution is -2.34. The van der Waals surface area contributed by atoms with Crippen LogP contribution in [0.1, 0.15) is 25.7 Å². The summed E-state index contributed by atoms with van der Waals surface area (Å²) in [5.41, 5.74) is 1.88. The van der Waals surface area contributed by atoms with E-state index < -0.39 is 0 Å². The van der Waals surface area contributed by atoms with Crippen molar-refractivity contribution < 1.29 is 4.79 Å². The van der Waals surface area contributed by atoms with Crippen molar-refractivity contribution in [3.05, 3.63) is 48.8 Å². The van der Waals surface area contributed by atoms with Crippen LogP contribution in [-0.2, 0) is 4.79 Å². The zero-order valence-electron chi connectivity index (χ0n) is 12.1. The van der Waals surface area contributed by atoms with Crippen LogP contribution >= 0.6 is 0 Å². The number of nitrogens with zero attached hydrogens (tertiary/aromatic N) is 1. The lowest BCUT2D eigenvalue weighted by Gasteiger charge is -2.12. The third kappa shape index (κ3) is 3.73. The van der Waals surface area contributed by atoms with Gasteiger partial charge in [0.05, 0.1) is 6.54 Å². The van der Waals surface area contributed by atoms with Crippen LogP contribution in [0.4, 0.5) is 5.69 Å².